The number of esters is 1. The monoisotopic (exact) mass is 318 g/mol. The Morgan fingerprint density at radius 2 is 1.74 bits per heavy atom. The first-order valence-corrected chi connectivity index (χ1v) is 9.90. The average Bonchev–Trinajstić information content (AvgIpc) is 2.76. The van der Waals surface area contributed by atoms with Crippen LogP contribution < -0.4 is 0 Å². The van der Waals surface area contributed by atoms with E-state index in [1.807, 2.05) is 0 Å². The molecule has 0 aromatic heterocycles. The molecule has 0 unspecified atom stereocenters. The smallest absolute Gasteiger partial charge is 0.308 e. The van der Waals surface area contributed by atoms with Crippen LogP contribution in [0.2, 0.25) is 0 Å². The Kier molecular flexibility index (Phi) is 3.46. The van der Waals surface area contributed by atoms with Crippen LogP contribution in [0.4, 0.5) is 0 Å². The fourth-order valence-corrected chi connectivity index (χ4v) is 8.20. The fourth-order valence-electron chi connectivity index (χ4n) is 8.20. The van der Waals surface area contributed by atoms with Gasteiger partial charge >= 0.3 is 5.97 Å². The zero-order valence-corrected chi connectivity index (χ0v) is 15.5. The van der Waals surface area contributed by atoms with E-state index in [9.17, 15) is 4.79 Å². The second kappa shape index (κ2) is 4.99. The number of methoxy groups -OCH3 is 1. The SMILES string of the molecule is COC(=O)[C@@H]1C[C@@]23CC[C@@H]4C(C)(C)CCC[C@@]4(C)[C@@H]2CC[C@@H]1C3. The minimum atomic E-state index is 0.0729. The minimum Gasteiger partial charge on any atom is -0.469 e. The van der Waals surface area contributed by atoms with Crippen LogP contribution >= 0.6 is 0 Å². The molecule has 0 amide bonds. The summed E-state index contributed by atoms with van der Waals surface area (Å²) in [6.45, 7) is 7.66. The summed E-state index contributed by atoms with van der Waals surface area (Å²) in [5.41, 5.74) is 1.47. The molecule has 2 bridgehead atoms. The largest absolute Gasteiger partial charge is 0.469 e. The summed E-state index contributed by atoms with van der Waals surface area (Å²) < 4.78 is 5.14. The lowest BCUT2D eigenvalue weighted by molar-refractivity contribution is -0.148. The molecule has 0 heterocycles. The van der Waals surface area contributed by atoms with E-state index in [0.29, 0.717) is 22.2 Å². The third-order valence-electron chi connectivity index (χ3n) is 8.94. The van der Waals surface area contributed by atoms with Crippen molar-refractivity contribution in [3.63, 3.8) is 0 Å². The van der Waals surface area contributed by atoms with Crippen molar-refractivity contribution >= 4 is 5.97 Å². The Hall–Kier alpha value is -0.530. The van der Waals surface area contributed by atoms with Crippen LogP contribution in [-0.4, -0.2) is 13.1 Å². The number of carbonyl (C=O) groups is 1. The van der Waals surface area contributed by atoms with Crippen molar-refractivity contribution in [3.8, 4) is 0 Å². The second-order valence-electron chi connectivity index (χ2n) is 10.2. The first-order valence-electron chi connectivity index (χ1n) is 9.90. The van der Waals surface area contributed by atoms with Crippen LogP contribution in [0.15, 0.2) is 0 Å². The van der Waals surface area contributed by atoms with Gasteiger partial charge in [0, 0.05) is 0 Å². The van der Waals surface area contributed by atoms with Gasteiger partial charge in [0.05, 0.1) is 13.0 Å². The average molecular weight is 319 g/mol. The van der Waals surface area contributed by atoms with Gasteiger partial charge in [-0.2, -0.15) is 0 Å². The highest BCUT2D eigenvalue weighted by Gasteiger charge is 2.64. The van der Waals surface area contributed by atoms with Gasteiger partial charge in [-0.3, -0.25) is 4.79 Å². The lowest BCUT2D eigenvalue weighted by Gasteiger charge is -2.64. The Labute approximate surface area is 141 Å². The highest BCUT2D eigenvalue weighted by atomic mass is 16.5. The number of rotatable bonds is 1. The molecular weight excluding hydrogens is 284 g/mol. The first kappa shape index (κ1) is 16.0. The molecule has 0 radical (unpaired) electrons. The van der Waals surface area contributed by atoms with E-state index < -0.39 is 0 Å². The van der Waals surface area contributed by atoms with Gasteiger partial charge in [-0.05, 0) is 85.4 Å². The van der Waals surface area contributed by atoms with Gasteiger partial charge in [-0.25, -0.2) is 0 Å². The van der Waals surface area contributed by atoms with Crippen molar-refractivity contribution in [2.75, 3.05) is 7.11 Å². The second-order valence-corrected chi connectivity index (χ2v) is 10.2. The Balaban J connectivity index is 1.67. The molecule has 6 atom stereocenters. The minimum absolute atomic E-state index is 0.0729. The molecule has 23 heavy (non-hydrogen) atoms. The Morgan fingerprint density at radius 3 is 2.48 bits per heavy atom. The Morgan fingerprint density at radius 1 is 0.957 bits per heavy atom. The van der Waals surface area contributed by atoms with Crippen LogP contribution in [0.5, 0.6) is 0 Å². The summed E-state index contributed by atoms with van der Waals surface area (Å²) in [5, 5.41) is 0. The molecule has 2 nitrogen and oxygen atoms in total. The maximum Gasteiger partial charge on any atom is 0.308 e. The van der Waals surface area contributed by atoms with Crippen molar-refractivity contribution in [1.82, 2.24) is 0 Å². The van der Waals surface area contributed by atoms with E-state index in [-0.39, 0.29) is 11.9 Å². The predicted molar refractivity (Wildman–Crippen MR) is 91.9 cm³/mol. The Bertz CT molecular complexity index is 510. The summed E-state index contributed by atoms with van der Waals surface area (Å²) in [7, 11) is 1.57. The topological polar surface area (TPSA) is 26.3 Å². The van der Waals surface area contributed by atoms with E-state index in [4.69, 9.17) is 4.74 Å². The molecule has 4 saturated carbocycles. The highest BCUT2D eigenvalue weighted by molar-refractivity contribution is 5.73. The number of hydrogen-bond donors (Lipinski definition) is 0. The van der Waals surface area contributed by atoms with E-state index in [0.717, 1.165) is 18.3 Å². The molecule has 4 aliphatic rings. The first-order chi connectivity index (χ1) is 10.8. The molecule has 4 rings (SSSR count). The van der Waals surface area contributed by atoms with Gasteiger partial charge in [-0.1, -0.05) is 27.2 Å². The number of hydrogen-bond acceptors (Lipinski definition) is 2. The molecule has 0 saturated heterocycles. The van der Waals surface area contributed by atoms with Crippen molar-refractivity contribution in [3.05, 3.63) is 0 Å². The van der Waals surface area contributed by atoms with Gasteiger partial charge < -0.3 is 4.74 Å². The van der Waals surface area contributed by atoms with Gasteiger partial charge in [0.15, 0.2) is 0 Å². The summed E-state index contributed by atoms with van der Waals surface area (Å²) in [4.78, 5) is 12.3. The van der Waals surface area contributed by atoms with Crippen molar-refractivity contribution in [2.45, 2.75) is 78.6 Å². The molecule has 4 fully saturated rings. The molecule has 0 aromatic carbocycles. The zero-order chi connectivity index (χ0) is 16.5. The maximum atomic E-state index is 12.3. The van der Waals surface area contributed by atoms with Crippen molar-refractivity contribution < 1.29 is 9.53 Å². The van der Waals surface area contributed by atoms with E-state index in [1.54, 1.807) is 7.11 Å². The fraction of sp³-hybridized carbons (Fsp3) is 0.952. The molecule has 0 aromatic rings. The zero-order valence-electron chi connectivity index (χ0n) is 15.5. The van der Waals surface area contributed by atoms with E-state index in [1.165, 1.54) is 51.4 Å². The number of ether oxygens (including phenoxy) is 1. The van der Waals surface area contributed by atoms with Crippen LogP contribution in [0.25, 0.3) is 0 Å². The standard InChI is InChI=1S/C21H34O2/c1-19(2)9-5-10-20(3)16(19)8-11-21-12-14(6-7-17(20)21)15(13-21)18(22)23-4/h14-17H,5-13H2,1-4H3/t14-,15-,16-,17+,20-,21+/m1/s1. The highest BCUT2D eigenvalue weighted by Crippen LogP contribution is 2.72. The van der Waals surface area contributed by atoms with Crippen LogP contribution in [-0.2, 0) is 9.53 Å². The molecular formula is C21H34O2. The normalized spacial score (nSPS) is 50.8. The molecule has 0 aliphatic heterocycles. The van der Waals surface area contributed by atoms with Gasteiger partial charge in [0.1, 0.15) is 0 Å². The molecule has 1 spiro atoms. The third-order valence-corrected chi connectivity index (χ3v) is 8.94. The molecule has 2 heteroatoms. The van der Waals surface area contributed by atoms with Crippen molar-refractivity contribution in [2.24, 2.45) is 39.9 Å². The van der Waals surface area contributed by atoms with Gasteiger partial charge in [0.2, 0.25) is 0 Å². The predicted octanol–water partition coefficient (Wildman–Crippen LogP) is 5.21. The lowest BCUT2D eigenvalue weighted by Crippen LogP contribution is -2.55. The van der Waals surface area contributed by atoms with E-state index >= 15 is 0 Å². The molecule has 0 N–H and O–H groups in total. The summed E-state index contributed by atoms with van der Waals surface area (Å²) in [6.07, 6.45) is 12.0. The summed E-state index contributed by atoms with van der Waals surface area (Å²) in [6, 6.07) is 0. The van der Waals surface area contributed by atoms with Crippen LogP contribution in [0, 0.1) is 39.9 Å². The lowest BCUT2D eigenvalue weighted by atomic mass is 9.41. The maximum absolute atomic E-state index is 12.3. The van der Waals surface area contributed by atoms with Crippen LogP contribution in [0.1, 0.15) is 78.6 Å². The van der Waals surface area contributed by atoms with E-state index in [2.05, 4.69) is 20.8 Å². The third kappa shape index (κ3) is 2.09. The summed E-state index contributed by atoms with van der Waals surface area (Å²) in [5.74, 6) is 2.60. The molecule has 4 aliphatic carbocycles. The summed E-state index contributed by atoms with van der Waals surface area (Å²) >= 11 is 0. The number of fused-ring (bicyclic) bond motifs is 3. The molecule has 130 valence electrons. The quantitative estimate of drug-likeness (QED) is 0.620. The van der Waals surface area contributed by atoms with Gasteiger partial charge in [0.25, 0.3) is 0 Å². The number of carbonyl (C=O) groups excluding carboxylic acids is 1. The van der Waals surface area contributed by atoms with Gasteiger partial charge in [-0.15, -0.1) is 0 Å². The van der Waals surface area contributed by atoms with Crippen LogP contribution in [0.3, 0.4) is 0 Å². The van der Waals surface area contributed by atoms with Crippen molar-refractivity contribution in [1.29, 1.82) is 0 Å².